The van der Waals surface area contributed by atoms with Crippen LogP contribution in [-0.4, -0.2) is 34.9 Å². The molecule has 22 heavy (non-hydrogen) atoms. The van der Waals surface area contributed by atoms with E-state index in [0.717, 1.165) is 5.52 Å². The van der Waals surface area contributed by atoms with Crippen LogP contribution in [0.3, 0.4) is 0 Å². The van der Waals surface area contributed by atoms with Gasteiger partial charge in [-0.25, -0.2) is 9.78 Å². The highest BCUT2D eigenvalue weighted by Crippen LogP contribution is 2.07. The van der Waals surface area contributed by atoms with E-state index in [1.165, 1.54) is 19.6 Å². The van der Waals surface area contributed by atoms with Crippen LogP contribution in [0.1, 0.15) is 0 Å². The Morgan fingerprint density at radius 1 is 1.05 bits per heavy atom. The van der Waals surface area contributed by atoms with Crippen molar-refractivity contribution in [3.05, 3.63) is 61.3 Å². The van der Waals surface area contributed by atoms with E-state index in [9.17, 15) is 4.79 Å². The van der Waals surface area contributed by atoms with E-state index in [2.05, 4.69) is 31.6 Å². The predicted molar refractivity (Wildman–Crippen MR) is 84.4 cm³/mol. The molecular formula is C16H19N3O3. The van der Waals surface area contributed by atoms with Crippen LogP contribution in [0.4, 0.5) is 4.79 Å². The molecule has 0 aliphatic heterocycles. The smallest absolute Gasteiger partial charge is 0.438 e. The molecule has 0 fully saturated rings. The van der Waals surface area contributed by atoms with Gasteiger partial charge in [0.25, 0.3) is 0 Å². The topological polar surface area (TPSA) is 66.2 Å². The van der Waals surface area contributed by atoms with E-state index in [-0.39, 0.29) is 0 Å². The third-order valence-corrected chi connectivity index (χ3v) is 2.48. The van der Waals surface area contributed by atoms with Crippen LogP contribution >= 0.6 is 0 Å². The number of pyridine rings is 1. The van der Waals surface area contributed by atoms with Crippen molar-refractivity contribution in [2.24, 2.45) is 7.05 Å². The van der Waals surface area contributed by atoms with Gasteiger partial charge in [0.1, 0.15) is 0 Å². The summed E-state index contributed by atoms with van der Waals surface area (Å²) in [5.41, 5.74) is 1.06. The number of rotatable bonds is 0. The Bertz CT molecular complexity index is 598. The average Bonchev–Trinajstić information content (AvgIpc) is 3.06. The molecule has 3 aromatic rings. The maximum absolute atomic E-state index is 9.74. The van der Waals surface area contributed by atoms with Crippen LogP contribution in [0, 0.1) is 0 Å². The van der Waals surface area contributed by atoms with Crippen molar-refractivity contribution in [1.29, 1.82) is 0 Å². The van der Waals surface area contributed by atoms with Gasteiger partial charge in [-0.1, -0.05) is 24.3 Å². The normalized spacial score (nSPS) is 8.86. The molecule has 6 heteroatoms. The number of carbonyl (C=O) groups excluding carboxylic acids is 1. The SMILES string of the molecule is COC(=O)OC.Cn1ccnc1.c1ccc2ncccc2c1. The summed E-state index contributed by atoms with van der Waals surface area (Å²) >= 11 is 0. The number of imidazole rings is 1. The number of aryl methyl sites for hydroxylation is 1. The first-order valence-corrected chi connectivity index (χ1v) is 6.51. The van der Waals surface area contributed by atoms with Gasteiger partial charge in [-0.3, -0.25) is 4.98 Å². The lowest BCUT2D eigenvalue weighted by molar-refractivity contribution is 0.0924. The van der Waals surface area contributed by atoms with Crippen LogP contribution in [0.15, 0.2) is 61.3 Å². The minimum Gasteiger partial charge on any atom is -0.438 e. The molecule has 0 bridgehead atoms. The first-order chi connectivity index (χ1) is 10.7. The largest absolute Gasteiger partial charge is 0.507 e. The summed E-state index contributed by atoms with van der Waals surface area (Å²) in [5, 5.41) is 1.20. The molecule has 0 amide bonds. The maximum atomic E-state index is 9.74. The number of fused-ring (bicyclic) bond motifs is 1. The Hall–Kier alpha value is -2.89. The van der Waals surface area contributed by atoms with E-state index in [4.69, 9.17) is 0 Å². The summed E-state index contributed by atoms with van der Waals surface area (Å²) in [4.78, 5) is 17.7. The van der Waals surface area contributed by atoms with Gasteiger partial charge < -0.3 is 14.0 Å². The summed E-state index contributed by atoms with van der Waals surface area (Å²) in [5.74, 6) is 0. The molecule has 0 atom stereocenters. The lowest BCUT2D eigenvalue weighted by Crippen LogP contribution is -1.97. The average molecular weight is 301 g/mol. The van der Waals surface area contributed by atoms with Crippen molar-refractivity contribution in [2.75, 3.05) is 14.2 Å². The monoisotopic (exact) mass is 301 g/mol. The second kappa shape index (κ2) is 9.93. The molecule has 0 unspecified atom stereocenters. The van der Waals surface area contributed by atoms with E-state index < -0.39 is 6.16 Å². The van der Waals surface area contributed by atoms with Crippen molar-refractivity contribution in [3.63, 3.8) is 0 Å². The van der Waals surface area contributed by atoms with Crippen molar-refractivity contribution < 1.29 is 14.3 Å². The summed E-state index contributed by atoms with van der Waals surface area (Å²) in [6, 6.07) is 12.1. The van der Waals surface area contributed by atoms with Crippen LogP contribution in [0.2, 0.25) is 0 Å². The highest BCUT2D eigenvalue weighted by molar-refractivity contribution is 5.77. The molecule has 0 saturated heterocycles. The van der Waals surface area contributed by atoms with Crippen LogP contribution in [0.25, 0.3) is 10.9 Å². The van der Waals surface area contributed by atoms with E-state index in [1.54, 1.807) is 12.5 Å². The van der Waals surface area contributed by atoms with Gasteiger partial charge in [-0.15, -0.1) is 0 Å². The third kappa shape index (κ3) is 6.51. The minimum absolute atomic E-state index is 0.657. The molecule has 0 radical (unpaired) electrons. The molecular weight excluding hydrogens is 282 g/mol. The number of para-hydroxylation sites is 1. The lowest BCUT2D eigenvalue weighted by atomic mass is 10.2. The zero-order valence-electron chi connectivity index (χ0n) is 12.8. The van der Waals surface area contributed by atoms with E-state index >= 15 is 0 Å². The van der Waals surface area contributed by atoms with Gasteiger partial charge in [-0.05, 0) is 12.1 Å². The van der Waals surface area contributed by atoms with Gasteiger partial charge in [0.15, 0.2) is 0 Å². The van der Waals surface area contributed by atoms with Crippen molar-refractivity contribution in [2.45, 2.75) is 0 Å². The summed E-state index contributed by atoms with van der Waals surface area (Å²) in [6.45, 7) is 0. The van der Waals surface area contributed by atoms with Crippen LogP contribution in [-0.2, 0) is 16.5 Å². The van der Waals surface area contributed by atoms with Crippen LogP contribution in [0.5, 0.6) is 0 Å². The molecule has 3 rings (SSSR count). The predicted octanol–water partition coefficient (Wildman–Crippen LogP) is 3.05. The number of methoxy groups -OCH3 is 2. The number of nitrogens with zero attached hydrogens (tertiary/aromatic N) is 3. The Labute approximate surface area is 129 Å². The first-order valence-electron chi connectivity index (χ1n) is 6.51. The summed E-state index contributed by atoms with van der Waals surface area (Å²) in [7, 11) is 4.45. The molecule has 0 saturated carbocycles. The number of ether oxygens (including phenoxy) is 2. The zero-order valence-corrected chi connectivity index (χ0v) is 12.8. The number of benzene rings is 1. The number of hydrogen-bond donors (Lipinski definition) is 0. The van der Waals surface area contributed by atoms with Crippen LogP contribution < -0.4 is 0 Å². The van der Waals surface area contributed by atoms with Gasteiger partial charge in [0.05, 0.1) is 26.1 Å². The highest BCUT2D eigenvalue weighted by Gasteiger charge is 1.89. The quantitative estimate of drug-likeness (QED) is 0.597. The van der Waals surface area contributed by atoms with Gasteiger partial charge >= 0.3 is 6.16 Å². The molecule has 116 valence electrons. The molecule has 0 aliphatic rings. The second-order valence-electron chi connectivity index (χ2n) is 4.08. The Kier molecular flexibility index (Phi) is 7.74. The van der Waals surface area contributed by atoms with Crippen molar-refractivity contribution >= 4 is 17.1 Å². The summed E-state index contributed by atoms with van der Waals surface area (Å²) in [6.07, 6.45) is 6.54. The zero-order chi connectivity index (χ0) is 16.2. The fraction of sp³-hybridized carbons (Fsp3) is 0.188. The van der Waals surface area contributed by atoms with E-state index in [0.29, 0.717) is 0 Å². The fourth-order valence-corrected chi connectivity index (χ4v) is 1.43. The lowest BCUT2D eigenvalue weighted by Gasteiger charge is -1.91. The molecule has 1 aromatic carbocycles. The Morgan fingerprint density at radius 3 is 2.18 bits per heavy atom. The number of hydrogen-bond acceptors (Lipinski definition) is 5. The molecule has 0 spiro atoms. The molecule has 2 aromatic heterocycles. The maximum Gasteiger partial charge on any atom is 0.507 e. The summed E-state index contributed by atoms with van der Waals surface area (Å²) < 4.78 is 9.97. The molecule has 6 nitrogen and oxygen atoms in total. The fourth-order valence-electron chi connectivity index (χ4n) is 1.43. The van der Waals surface area contributed by atoms with Gasteiger partial charge in [-0.2, -0.15) is 0 Å². The molecule has 0 aliphatic carbocycles. The molecule has 2 heterocycles. The standard InChI is InChI=1S/C9H7N.C4H6N2.C3H6O3/c1-2-6-9-8(4-1)5-3-7-10-9;1-6-3-2-5-4-6;1-5-3(4)6-2/h1-7H;2-4H,1H3;1-2H3. The van der Waals surface area contributed by atoms with Crippen molar-refractivity contribution in [1.82, 2.24) is 14.5 Å². The van der Waals surface area contributed by atoms with Gasteiger partial charge in [0.2, 0.25) is 0 Å². The second-order valence-corrected chi connectivity index (χ2v) is 4.08. The van der Waals surface area contributed by atoms with Crippen molar-refractivity contribution in [3.8, 4) is 0 Å². The van der Waals surface area contributed by atoms with Gasteiger partial charge in [0, 0.05) is 31.0 Å². The number of carbonyl (C=O) groups is 1. The minimum atomic E-state index is -0.657. The Morgan fingerprint density at radius 2 is 1.73 bits per heavy atom. The first kappa shape index (κ1) is 17.2. The van der Waals surface area contributed by atoms with E-state index in [1.807, 2.05) is 48.3 Å². The molecule has 0 N–H and O–H groups in total. The highest BCUT2D eigenvalue weighted by atomic mass is 16.7. The third-order valence-electron chi connectivity index (χ3n) is 2.48. The number of aromatic nitrogens is 3. The Balaban J connectivity index is 0.000000176.